The molecule has 6 nitrogen and oxygen atoms in total. The van der Waals surface area contributed by atoms with Gasteiger partial charge in [0.05, 0.1) is 12.7 Å². The van der Waals surface area contributed by atoms with E-state index in [1.54, 1.807) is 0 Å². The van der Waals surface area contributed by atoms with Crippen molar-refractivity contribution in [3.63, 3.8) is 0 Å². The van der Waals surface area contributed by atoms with Gasteiger partial charge in [-0.2, -0.15) is 0 Å². The molecule has 0 aromatic carbocycles. The van der Waals surface area contributed by atoms with Crippen molar-refractivity contribution in [3.05, 3.63) is 0 Å². The molecule has 13 heavy (non-hydrogen) atoms. The molecule has 0 aromatic rings. The van der Waals surface area contributed by atoms with Crippen LogP contribution in [0.2, 0.25) is 0 Å². The molecule has 0 heterocycles. The quantitative estimate of drug-likeness (QED) is 0.275. The van der Waals surface area contributed by atoms with E-state index in [4.69, 9.17) is 30.6 Å². The maximum absolute atomic E-state index is 9.13. The lowest BCUT2D eigenvalue weighted by molar-refractivity contribution is -0.137. The molecule has 0 aliphatic heterocycles. The van der Waals surface area contributed by atoms with Gasteiger partial charge in [0.2, 0.25) is 0 Å². The maximum Gasteiger partial charge on any atom is 0.111 e. The lowest BCUT2D eigenvalue weighted by Gasteiger charge is -2.26. The summed E-state index contributed by atoms with van der Waals surface area (Å²) < 4.78 is 0. The second kappa shape index (κ2) is 5.48. The van der Waals surface area contributed by atoms with Crippen molar-refractivity contribution in [2.75, 3.05) is 6.61 Å². The molecule has 0 bridgehead atoms. The van der Waals surface area contributed by atoms with Gasteiger partial charge in [0.1, 0.15) is 24.4 Å². The van der Waals surface area contributed by atoms with E-state index >= 15 is 0 Å². The normalized spacial score (nSPS) is 23.3. The summed E-state index contributed by atoms with van der Waals surface area (Å²) in [6.07, 6.45) is -7.70. The minimum atomic E-state index is -1.69. The molecule has 0 radical (unpaired) electrons. The Labute approximate surface area is 75.7 Å². The lowest BCUT2D eigenvalue weighted by Crippen LogP contribution is -2.49. The zero-order valence-electron chi connectivity index (χ0n) is 7.28. The first-order valence-electron chi connectivity index (χ1n) is 3.93. The molecule has 6 N–H and O–H groups in total. The summed E-state index contributed by atoms with van der Waals surface area (Å²) in [6, 6.07) is 0. The molecular formula is C7H16O6. The zero-order chi connectivity index (χ0) is 10.6. The van der Waals surface area contributed by atoms with Crippen molar-refractivity contribution in [1.82, 2.24) is 0 Å². The zero-order valence-corrected chi connectivity index (χ0v) is 7.28. The monoisotopic (exact) mass is 196 g/mol. The molecule has 80 valence electrons. The van der Waals surface area contributed by atoms with Crippen LogP contribution in [0.3, 0.4) is 0 Å². The van der Waals surface area contributed by atoms with Gasteiger partial charge in [-0.1, -0.05) is 0 Å². The Morgan fingerprint density at radius 2 is 1.31 bits per heavy atom. The minimum Gasteiger partial charge on any atom is -0.394 e. The number of aliphatic hydroxyl groups is 6. The second-order valence-corrected chi connectivity index (χ2v) is 2.96. The molecule has 0 rings (SSSR count). The maximum atomic E-state index is 9.13. The largest absolute Gasteiger partial charge is 0.394 e. The van der Waals surface area contributed by atoms with E-state index in [2.05, 4.69) is 0 Å². The summed E-state index contributed by atoms with van der Waals surface area (Å²) in [5, 5.41) is 53.4. The molecular weight excluding hydrogens is 180 g/mol. The average molecular weight is 196 g/mol. The van der Waals surface area contributed by atoms with Gasteiger partial charge in [0.15, 0.2) is 0 Å². The van der Waals surface area contributed by atoms with E-state index < -0.39 is 37.1 Å². The molecule has 0 aromatic heterocycles. The van der Waals surface area contributed by atoms with Gasteiger partial charge < -0.3 is 30.6 Å². The summed E-state index contributed by atoms with van der Waals surface area (Å²) in [5.74, 6) is 0. The summed E-state index contributed by atoms with van der Waals surface area (Å²) in [6.45, 7) is 0.497. The summed E-state index contributed by atoms with van der Waals surface area (Å²) in [5.41, 5.74) is 0. The highest BCUT2D eigenvalue weighted by Crippen LogP contribution is 2.07. The van der Waals surface area contributed by atoms with Crippen molar-refractivity contribution < 1.29 is 30.6 Å². The van der Waals surface area contributed by atoms with E-state index in [0.717, 1.165) is 0 Å². The third-order valence-electron chi connectivity index (χ3n) is 1.78. The van der Waals surface area contributed by atoms with Crippen LogP contribution < -0.4 is 0 Å². The highest BCUT2D eigenvalue weighted by Gasteiger charge is 2.32. The van der Waals surface area contributed by atoms with Gasteiger partial charge in [-0.15, -0.1) is 0 Å². The Morgan fingerprint density at radius 1 is 0.846 bits per heavy atom. The number of hydrogen-bond acceptors (Lipinski definition) is 6. The molecule has 0 spiro atoms. The fraction of sp³-hybridized carbons (Fsp3) is 1.00. The predicted molar refractivity (Wildman–Crippen MR) is 42.8 cm³/mol. The van der Waals surface area contributed by atoms with Gasteiger partial charge in [-0.3, -0.25) is 0 Å². The topological polar surface area (TPSA) is 121 Å². The molecule has 5 atom stereocenters. The van der Waals surface area contributed by atoms with E-state index in [1.807, 2.05) is 0 Å². The van der Waals surface area contributed by atoms with Crippen LogP contribution in [0.5, 0.6) is 0 Å². The first kappa shape index (κ1) is 12.8. The van der Waals surface area contributed by atoms with E-state index in [0.29, 0.717) is 0 Å². The smallest absolute Gasteiger partial charge is 0.111 e. The van der Waals surface area contributed by atoms with E-state index in [9.17, 15) is 0 Å². The molecule has 0 saturated carbocycles. The van der Waals surface area contributed by atoms with Gasteiger partial charge in [-0.05, 0) is 6.92 Å². The third kappa shape index (κ3) is 3.55. The van der Waals surface area contributed by atoms with Gasteiger partial charge in [-0.25, -0.2) is 0 Å². The van der Waals surface area contributed by atoms with E-state index in [-0.39, 0.29) is 0 Å². The SMILES string of the molecule is CC(O)C(O)C(O)C(O)[C@@H](O)CO. The average Bonchev–Trinajstić information content (AvgIpc) is 2.12. The van der Waals surface area contributed by atoms with Gasteiger partial charge in [0, 0.05) is 0 Å². The Hall–Kier alpha value is -0.240. The highest BCUT2D eigenvalue weighted by molar-refractivity contribution is 4.82. The minimum absolute atomic E-state index is 0.731. The van der Waals surface area contributed by atoms with Crippen molar-refractivity contribution in [2.45, 2.75) is 37.4 Å². The van der Waals surface area contributed by atoms with Crippen molar-refractivity contribution in [1.29, 1.82) is 0 Å². The number of aliphatic hydroxyl groups excluding tert-OH is 6. The molecule has 0 amide bonds. The third-order valence-corrected chi connectivity index (χ3v) is 1.78. The molecule has 6 heteroatoms. The fourth-order valence-corrected chi connectivity index (χ4v) is 0.823. The van der Waals surface area contributed by atoms with Crippen molar-refractivity contribution in [2.24, 2.45) is 0 Å². The number of hydrogen-bond donors (Lipinski definition) is 6. The van der Waals surface area contributed by atoms with Gasteiger partial charge in [0.25, 0.3) is 0 Å². The molecule has 0 saturated heterocycles. The predicted octanol–water partition coefficient (Wildman–Crippen LogP) is -3.20. The van der Waals surface area contributed by atoms with Crippen LogP contribution in [0.25, 0.3) is 0 Å². The Balaban J connectivity index is 4.15. The Bertz CT molecular complexity index is 139. The van der Waals surface area contributed by atoms with Crippen LogP contribution in [-0.4, -0.2) is 67.8 Å². The van der Waals surface area contributed by atoms with Crippen LogP contribution in [-0.2, 0) is 0 Å². The molecule has 0 aliphatic rings. The first-order chi connectivity index (χ1) is 5.91. The lowest BCUT2D eigenvalue weighted by atomic mass is 10.0. The standard InChI is InChI=1S/C7H16O6/c1-3(9)5(11)7(13)6(12)4(10)2-8/h3-13H,2H2,1H3/t3?,4-,5?,6?,7?/m0/s1. The van der Waals surface area contributed by atoms with Crippen LogP contribution in [0.15, 0.2) is 0 Å². The Morgan fingerprint density at radius 3 is 1.62 bits per heavy atom. The van der Waals surface area contributed by atoms with Crippen molar-refractivity contribution in [3.8, 4) is 0 Å². The molecule has 0 aliphatic carbocycles. The molecule has 4 unspecified atom stereocenters. The summed E-state index contributed by atoms with van der Waals surface area (Å²) in [4.78, 5) is 0. The van der Waals surface area contributed by atoms with Crippen LogP contribution in [0.1, 0.15) is 6.92 Å². The van der Waals surface area contributed by atoms with E-state index in [1.165, 1.54) is 6.92 Å². The number of rotatable bonds is 5. The fourth-order valence-electron chi connectivity index (χ4n) is 0.823. The summed E-state index contributed by atoms with van der Waals surface area (Å²) in [7, 11) is 0. The first-order valence-corrected chi connectivity index (χ1v) is 3.93. The summed E-state index contributed by atoms with van der Waals surface area (Å²) >= 11 is 0. The Kier molecular flexibility index (Phi) is 5.38. The molecule has 0 fully saturated rings. The second-order valence-electron chi connectivity index (χ2n) is 2.96. The van der Waals surface area contributed by atoms with Crippen molar-refractivity contribution >= 4 is 0 Å². The highest BCUT2D eigenvalue weighted by atomic mass is 16.4. The van der Waals surface area contributed by atoms with Crippen LogP contribution in [0.4, 0.5) is 0 Å². The van der Waals surface area contributed by atoms with Gasteiger partial charge >= 0.3 is 0 Å². The van der Waals surface area contributed by atoms with Crippen LogP contribution >= 0.6 is 0 Å². The van der Waals surface area contributed by atoms with Crippen LogP contribution in [0, 0.1) is 0 Å².